The Morgan fingerprint density at radius 3 is 2.58 bits per heavy atom. The van der Waals surface area contributed by atoms with Gasteiger partial charge in [-0.1, -0.05) is 44.7 Å². The molecule has 2 rings (SSSR count). The molecule has 1 aromatic carbocycles. The van der Waals surface area contributed by atoms with E-state index in [0.717, 1.165) is 32.1 Å². The van der Waals surface area contributed by atoms with E-state index in [2.05, 4.69) is 10.0 Å². The smallest absolute Gasteiger partial charge is 0.257 e. The molecule has 146 valence electrons. The van der Waals surface area contributed by atoms with E-state index in [0.29, 0.717) is 12.5 Å². The van der Waals surface area contributed by atoms with E-state index in [1.165, 1.54) is 18.2 Å². The van der Waals surface area contributed by atoms with Crippen LogP contribution in [0.15, 0.2) is 23.1 Å². The minimum absolute atomic E-state index is 0.0203. The third-order valence-corrected chi connectivity index (χ3v) is 6.02. The summed E-state index contributed by atoms with van der Waals surface area (Å²) in [5, 5.41) is 2.90. The van der Waals surface area contributed by atoms with Gasteiger partial charge in [0, 0.05) is 12.6 Å². The first-order valence-electron chi connectivity index (χ1n) is 8.99. The second-order valence-corrected chi connectivity index (χ2v) is 9.16. The van der Waals surface area contributed by atoms with Crippen LogP contribution in [0.5, 0.6) is 5.75 Å². The highest BCUT2D eigenvalue weighted by Gasteiger charge is 2.22. The van der Waals surface area contributed by atoms with Crippen LogP contribution in [0.1, 0.15) is 46.0 Å². The van der Waals surface area contributed by atoms with Crippen LogP contribution < -0.4 is 14.8 Å². The molecule has 1 aliphatic carbocycles. The molecular formula is C18H27ClN2O4S. The molecule has 6 nitrogen and oxygen atoms in total. The van der Waals surface area contributed by atoms with Crippen molar-refractivity contribution in [3.05, 3.63) is 23.2 Å². The van der Waals surface area contributed by atoms with E-state index in [9.17, 15) is 13.2 Å². The normalized spacial score (nSPS) is 15.8. The van der Waals surface area contributed by atoms with Gasteiger partial charge in [0.05, 0.1) is 9.92 Å². The van der Waals surface area contributed by atoms with Crippen molar-refractivity contribution in [1.82, 2.24) is 10.0 Å². The average Bonchev–Trinajstić information content (AvgIpc) is 2.59. The minimum atomic E-state index is -3.62. The van der Waals surface area contributed by atoms with E-state index >= 15 is 0 Å². The highest BCUT2D eigenvalue weighted by molar-refractivity contribution is 7.89. The first-order valence-corrected chi connectivity index (χ1v) is 10.9. The van der Waals surface area contributed by atoms with Crippen LogP contribution in [-0.2, 0) is 14.8 Å². The van der Waals surface area contributed by atoms with E-state index in [1.807, 2.05) is 13.8 Å². The topological polar surface area (TPSA) is 84.5 Å². The summed E-state index contributed by atoms with van der Waals surface area (Å²) in [7, 11) is -3.62. The molecule has 1 aromatic rings. The highest BCUT2D eigenvalue weighted by atomic mass is 35.5. The van der Waals surface area contributed by atoms with Gasteiger partial charge in [0.2, 0.25) is 10.0 Å². The standard InChI is InChI=1S/C18H27ClN2O4S/c1-13(2)11-20-18(22)12-25-17-9-8-15(10-16(17)19)26(23,24)21-14-6-4-3-5-7-14/h8-10,13-14,21H,3-7,11-12H2,1-2H3,(H,20,22). The van der Waals surface area contributed by atoms with E-state index in [4.69, 9.17) is 16.3 Å². The predicted molar refractivity (Wildman–Crippen MR) is 102 cm³/mol. The molecular weight excluding hydrogens is 376 g/mol. The fourth-order valence-electron chi connectivity index (χ4n) is 2.79. The summed E-state index contributed by atoms with van der Waals surface area (Å²) >= 11 is 6.14. The van der Waals surface area contributed by atoms with Crippen molar-refractivity contribution in [2.24, 2.45) is 5.92 Å². The first kappa shape index (κ1) is 21.0. The van der Waals surface area contributed by atoms with E-state index in [1.54, 1.807) is 0 Å². The number of nitrogens with one attached hydrogen (secondary N) is 2. The Labute approximate surface area is 160 Å². The van der Waals surface area contributed by atoms with Crippen LogP contribution in [0.25, 0.3) is 0 Å². The van der Waals surface area contributed by atoms with Gasteiger partial charge in [0.25, 0.3) is 5.91 Å². The summed E-state index contributed by atoms with van der Waals surface area (Å²) in [6.45, 7) is 4.40. The SMILES string of the molecule is CC(C)CNC(=O)COc1ccc(S(=O)(=O)NC2CCCCC2)cc1Cl. The van der Waals surface area contributed by atoms with Gasteiger partial charge in [-0.25, -0.2) is 13.1 Å². The molecule has 0 heterocycles. The minimum Gasteiger partial charge on any atom is -0.482 e. The van der Waals surface area contributed by atoms with Gasteiger partial charge in [-0.3, -0.25) is 4.79 Å². The zero-order valence-electron chi connectivity index (χ0n) is 15.3. The lowest BCUT2D eigenvalue weighted by atomic mass is 9.96. The molecule has 0 aliphatic heterocycles. The Hall–Kier alpha value is -1.31. The number of rotatable bonds is 8. The predicted octanol–water partition coefficient (Wildman–Crippen LogP) is 3.10. The van der Waals surface area contributed by atoms with Gasteiger partial charge in [-0.2, -0.15) is 0 Å². The summed E-state index contributed by atoms with van der Waals surface area (Å²) < 4.78 is 33.1. The van der Waals surface area contributed by atoms with Crippen molar-refractivity contribution in [3.63, 3.8) is 0 Å². The molecule has 2 N–H and O–H groups in total. The van der Waals surface area contributed by atoms with Gasteiger partial charge in [-0.05, 0) is 37.0 Å². The fraction of sp³-hybridized carbons (Fsp3) is 0.611. The van der Waals surface area contributed by atoms with Crippen LogP contribution in [0, 0.1) is 5.92 Å². The molecule has 0 spiro atoms. The number of carbonyl (C=O) groups excluding carboxylic acids is 1. The lowest BCUT2D eigenvalue weighted by Crippen LogP contribution is -2.36. The molecule has 0 radical (unpaired) electrons. The van der Waals surface area contributed by atoms with Gasteiger partial charge < -0.3 is 10.1 Å². The summed E-state index contributed by atoms with van der Waals surface area (Å²) in [5.41, 5.74) is 0. The summed E-state index contributed by atoms with van der Waals surface area (Å²) in [4.78, 5) is 11.8. The fourth-order valence-corrected chi connectivity index (χ4v) is 4.42. The van der Waals surface area contributed by atoms with Crippen LogP contribution >= 0.6 is 11.6 Å². The second kappa shape index (κ2) is 9.58. The Kier molecular flexibility index (Phi) is 7.73. The van der Waals surface area contributed by atoms with E-state index < -0.39 is 10.0 Å². The van der Waals surface area contributed by atoms with Crippen LogP contribution in [0.4, 0.5) is 0 Å². The Morgan fingerprint density at radius 2 is 1.96 bits per heavy atom. The maximum Gasteiger partial charge on any atom is 0.257 e. The number of carbonyl (C=O) groups is 1. The lowest BCUT2D eigenvalue weighted by molar-refractivity contribution is -0.123. The third kappa shape index (κ3) is 6.45. The van der Waals surface area contributed by atoms with Crippen LogP contribution in [-0.4, -0.2) is 33.5 Å². The lowest BCUT2D eigenvalue weighted by Gasteiger charge is -2.22. The molecule has 0 atom stereocenters. The molecule has 8 heteroatoms. The maximum atomic E-state index is 12.5. The Bertz CT molecular complexity index is 716. The van der Waals surface area contributed by atoms with Crippen molar-refractivity contribution < 1.29 is 17.9 Å². The van der Waals surface area contributed by atoms with E-state index in [-0.39, 0.29) is 34.2 Å². The van der Waals surface area contributed by atoms with Crippen molar-refractivity contribution in [3.8, 4) is 5.75 Å². The molecule has 26 heavy (non-hydrogen) atoms. The number of hydrogen-bond acceptors (Lipinski definition) is 4. The Morgan fingerprint density at radius 1 is 1.27 bits per heavy atom. The second-order valence-electron chi connectivity index (χ2n) is 7.04. The maximum absolute atomic E-state index is 12.5. The third-order valence-electron chi connectivity index (χ3n) is 4.21. The molecule has 1 aliphatic rings. The zero-order valence-corrected chi connectivity index (χ0v) is 16.8. The average molecular weight is 403 g/mol. The molecule has 1 fully saturated rings. The molecule has 0 bridgehead atoms. The van der Waals surface area contributed by atoms with Gasteiger partial charge in [-0.15, -0.1) is 0 Å². The summed E-state index contributed by atoms with van der Waals surface area (Å²) in [6.07, 6.45) is 4.96. The number of sulfonamides is 1. The highest BCUT2D eigenvalue weighted by Crippen LogP contribution is 2.28. The monoisotopic (exact) mass is 402 g/mol. The number of halogens is 1. The van der Waals surface area contributed by atoms with Gasteiger partial charge in [0.1, 0.15) is 5.75 Å². The summed E-state index contributed by atoms with van der Waals surface area (Å²) in [6, 6.07) is 4.26. The number of hydrogen-bond donors (Lipinski definition) is 2. The van der Waals surface area contributed by atoms with Gasteiger partial charge in [0.15, 0.2) is 6.61 Å². The van der Waals surface area contributed by atoms with Crippen molar-refractivity contribution in [2.45, 2.75) is 56.9 Å². The molecule has 1 saturated carbocycles. The number of amides is 1. The summed E-state index contributed by atoms with van der Waals surface area (Å²) in [5.74, 6) is 0.386. The van der Waals surface area contributed by atoms with Crippen molar-refractivity contribution in [2.75, 3.05) is 13.2 Å². The van der Waals surface area contributed by atoms with Gasteiger partial charge >= 0.3 is 0 Å². The quantitative estimate of drug-likeness (QED) is 0.699. The largest absolute Gasteiger partial charge is 0.482 e. The molecule has 1 amide bonds. The van der Waals surface area contributed by atoms with Crippen molar-refractivity contribution >= 4 is 27.5 Å². The van der Waals surface area contributed by atoms with Crippen molar-refractivity contribution in [1.29, 1.82) is 0 Å². The number of ether oxygens (including phenoxy) is 1. The van der Waals surface area contributed by atoms with Crippen LogP contribution in [0.3, 0.4) is 0 Å². The molecule has 0 aromatic heterocycles. The Balaban J connectivity index is 1.96. The van der Waals surface area contributed by atoms with Crippen LogP contribution in [0.2, 0.25) is 5.02 Å². The molecule has 0 saturated heterocycles. The molecule has 0 unspecified atom stereocenters. The number of benzene rings is 1. The first-order chi connectivity index (χ1) is 12.3. The zero-order chi connectivity index (χ0) is 19.2.